The molecule has 0 bridgehead atoms. The summed E-state index contributed by atoms with van der Waals surface area (Å²) in [5.41, 5.74) is 3.77. The Balaban J connectivity index is 1.59. The van der Waals surface area contributed by atoms with E-state index < -0.39 is 11.8 Å². The fourth-order valence-electron chi connectivity index (χ4n) is 3.69. The third kappa shape index (κ3) is 4.07. The summed E-state index contributed by atoms with van der Waals surface area (Å²) >= 11 is 5.24. The van der Waals surface area contributed by atoms with Crippen molar-refractivity contribution in [3.63, 3.8) is 0 Å². The minimum atomic E-state index is -0.469. The summed E-state index contributed by atoms with van der Waals surface area (Å²) in [6.07, 6.45) is 5.35. The van der Waals surface area contributed by atoms with Gasteiger partial charge in [0.05, 0.1) is 5.69 Å². The second-order valence-electron chi connectivity index (χ2n) is 7.43. The number of amides is 2. The van der Waals surface area contributed by atoms with Crippen molar-refractivity contribution in [1.82, 2.24) is 5.32 Å². The predicted molar refractivity (Wildman–Crippen MR) is 120 cm³/mol. The van der Waals surface area contributed by atoms with Crippen LogP contribution in [-0.4, -0.2) is 30.0 Å². The summed E-state index contributed by atoms with van der Waals surface area (Å²) in [6.45, 7) is 4.12. The molecular weight excluding hydrogens is 382 g/mol. The van der Waals surface area contributed by atoms with E-state index in [-0.39, 0.29) is 10.7 Å². The minimum Gasteiger partial charge on any atom is -0.372 e. The minimum absolute atomic E-state index is 0.0740. The van der Waals surface area contributed by atoms with E-state index in [2.05, 4.69) is 10.2 Å². The third-order valence-electron chi connectivity index (χ3n) is 5.32. The summed E-state index contributed by atoms with van der Waals surface area (Å²) < 4.78 is 0. The van der Waals surface area contributed by atoms with E-state index in [4.69, 9.17) is 12.2 Å². The normalized spacial score (nSPS) is 18.9. The average molecular weight is 406 g/mol. The molecule has 0 atom stereocenters. The topological polar surface area (TPSA) is 52.7 Å². The predicted octanol–water partition coefficient (Wildman–Crippen LogP) is 3.82. The number of carbonyl (C=O) groups excluding carboxylic acids is 2. The van der Waals surface area contributed by atoms with Gasteiger partial charge < -0.3 is 4.90 Å². The molecule has 4 rings (SSSR count). The highest BCUT2D eigenvalue weighted by atomic mass is 32.1. The maximum Gasteiger partial charge on any atom is 0.270 e. The zero-order chi connectivity index (χ0) is 20.4. The van der Waals surface area contributed by atoms with Gasteiger partial charge in [-0.3, -0.25) is 19.8 Å². The highest BCUT2D eigenvalue weighted by Crippen LogP contribution is 2.24. The van der Waals surface area contributed by atoms with Crippen molar-refractivity contribution < 1.29 is 9.59 Å². The highest BCUT2D eigenvalue weighted by molar-refractivity contribution is 7.80. The van der Waals surface area contributed by atoms with Gasteiger partial charge in [-0.1, -0.05) is 29.8 Å². The fraction of sp³-hybridized carbons (Fsp3) is 0.261. The van der Waals surface area contributed by atoms with Gasteiger partial charge in [-0.05, 0) is 74.3 Å². The standard InChI is InChI=1S/C23H23N3O2S/c1-16-5-9-19(10-6-16)26-22(28)20(21(27)24-23(26)29)15-17-7-11-18(12-8-17)25-13-3-2-4-14-25/h5-12,15H,2-4,13-14H2,1H3,(H,24,27,29)/b20-15+. The number of aryl methyl sites for hydroxylation is 1. The first-order chi connectivity index (χ1) is 14.0. The molecule has 2 aliphatic heterocycles. The molecule has 6 heteroatoms. The van der Waals surface area contributed by atoms with Crippen molar-refractivity contribution in [2.24, 2.45) is 0 Å². The van der Waals surface area contributed by atoms with Crippen LogP contribution >= 0.6 is 12.2 Å². The number of nitrogens with one attached hydrogen (secondary N) is 1. The van der Waals surface area contributed by atoms with Crippen LogP contribution in [0.25, 0.3) is 6.08 Å². The van der Waals surface area contributed by atoms with Gasteiger partial charge >= 0.3 is 0 Å². The Morgan fingerprint density at radius 1 is 0.897 bits per heavy atom. The second-order valence-corrected chi connectivity index (χ2v) is 7.82. The molecule has 0 aliphatic carbocycles. The van der Waals surface area contributed by atoms with Crippen LogP contribution in [0.2, 0.25) is 0 Å². The summed E-state index contributed by atoms with van der Waals surface area (Å²) in [7, 11) is 0. The largest absolute Gasteiger partial charge is 0.372 e. The van der Waals surface area contributed by atoms with Crippen LogP contribution in [0.4, 0.5) is 11.4 Å². The number of carbonyl (C=O) groups is 2. The SMILES string of the molecule is Cc1ccc(N2C(=O)/C(=C/c3ccc(N4CCCCC4)cc3)C(=O)NC2=S)cc1. The number of hydrogen-bond acceptors (Lipinski definition) is 4. The average Bonchev–Trinajstić information content (AvgIpc) is 2.73. The van der Waals surface area contributed by atoms with Gasteiger partial charge in [0.1, 0.15) is 5.57 Å². The van der Waals surface area contributed by atoms with Crippen molar-refractivity contribution in [3.8, 4) is 0 Å². The molecule has 2 aromatic rings. The molecule has 29 heavy (non-hydrogen) atoms. The Labute approximate surface area is 176 Å². The van der Waals surface area contributed by atoms with Crippen LogP contribution in [0.1, 0.15) is 30.4 Å². The van der Waals surface area contributed by atoms with E-state index in [1.54, 1.807) is 6.08 Å². The number of piperidine rings is 1. The van der Waals surface area contributed by atoms with Crippen LogP contribution in [-0.2, 0) is 9.59 Å². The van der Waals surface area contributed by atoms with Gasteiger partial charge in [0.15, 0.2) is 5.11 Å². The first kappa shape index (κ1) is 19.3. The fourth-order valence-corrected chi connectivity index (χ4v) is 3.97. The molecule has 2 aromatic carbocycles. The lowest BCUT2D eigenvalue weighted by atomic mass is 10.1. The van der Waals surface area contributed by atoms with Gasteiger partial charge in [0.25, 0.3) is 11.8 Å². The summed E-state index contributed by atoms with van der Waals surface area (Å²) in [5, 5.41) is 2.73. The molecule has 0 saturated carbocycles. The molecule has 148 valence electrons. The zero-order valence-corrected chi connectivity index (χ0v) is 17.2. The molecule has 2 saturated heterocycles. The third-order valence-corrected chi connectivity index (χ3v) is 5.60. The van der Waals surface area contributed by atoms with Crippen LogP contribution < -0.4 is 15.1 Å². The van der Waals surface area contributed by atoms with Crippen molar-refractivity contribution in [2.45, 2.75) is 26.2 Å². The van der Waals surface area contributed by atoms with Gasteiger partial charge in [-0.15, -0.1) is 0 Å². The second kappa shape index (κ2) is 8.17. The van der Waals surface area contributed by atoms with Crippen LogP contribution in [0.15, 0.2) is 54.1 Å². The molecule has 0 aromatic heterocycles. The molecule has 0 radical (unpaired) electrons. The number of anilines is 2. The van der Waals surface area contributed by atoms with Gasteiger partial charge in [0, 0.05) is 18.8 Å². The molecule has 2 heterocycles. The van der Waals surface area contributed by atoms with Crippen LogP contribution in [0.5, 0.6) is 0 Å². The van der Waals surface area contributed by atoms with Crippen LogP contribution in [0, 0.1) is 6.92 Å². The number of benzene rings is 2. The lowest BCUT2D eigenvalue weighted by molar-refractivity contribution is -0.122. The summed E-state index contributed by atoms with van der Waals surface area (Å²) in [4.78, 5) is 29.2. The van der Waals surface area contributed by atoms with E-state index in [1.807, 2.05) is 55.5 Å². The summed E-state index contributed by atoms with van der Waals surface area (Å²) in [5.74, 6) is -0.883. The van der Waals surface area contributed by atoms with E-state index >= 15 is 0 Å². The Bertz CT molecular complexity index is 974. The molecule has 5 nitrogen and oxygen atoms in total. The van der Waals surface area contributed by atoms with Gasteiger partial charge in [-0.2, -0.15) is 0 Å². The molecular formula is C23H23N3O2S. The Kier molecular flexibility index (Phi) is 5.45. The molecule has 1 N–H and O–H groups in total. The monoisotopic (exact) mass is 405 g/mol. The van der Waals surface area contributed by atoms with E-state index in [1.165, 1.54) is 29.8 Å². The quantitative estimate of drug-likeness (QED) is 0.479. The first-order valence-electron chi connectivity index (χ1n) is 9.86. The molecule has 2 aliphatic rings. The first-order valence-corrected chi connectivity index (χ1v) is 10.3. The summed E-state index contributed by atoms with van der Waals surface area (Å²) in [6, 6.07) is 15.4. The van der Waals surface area contributed by atoms with Gasteiger partial charge in [0.2, 0.25) is 0 Å². The smallest absolute Gasteiger partial charge is 0.270 e. The Morgan fingerprint density at radius 3 is 2.17 bits per heavy atom. The lowest BCUT2D eigenvalue weighted by Gasteiger charge is -2.29. The molecule has 2 fully saturated rings. The van der Waals surface area contributed by atoms with Crippen LogP contribution in [0.3, 0.4) is 0 Å². The maximum atomic E-state index is 13.1. The van der Waals surface area contributed by atoms with Crippen molar-refractivity contribution in [2.75, 3.05) is 22.9 Å². The molecule has 0 spiro atoms. The Morgan fingerprint density at radius 2 is 1.52 bits per heavy atom. The Hall–Kier alpha value is -2.99. The van der Waals surface area contributed by atoms with Crippen molar-refractivity contribution in [3.05, 3.63) is 65.2 Å². The maximum absolute atomic E-state index is 13.1. The van der Waals surface area contributed by atoms with Gasteiger partial charge in [-0.25, -0.2) is 0 Å². The van der Waals surface area contributed by atoms with E-state index in [9.17, 15) is 9.59 Å². The van der Waals surface area contributed by atoms with Crippen molar-refractivity contribution >= 4 is 46.6 Å². The lowest BCUT2D eigenvalue weighted by Crippen LogP contribution is -2.54. The molecule has 2 amide bonds. The highest BCUT2D eigenvalue weighted by Gasteiger charge is 2.34. The van der Waals surface area contributed by atoms with Crippen molar-refractivity contribution in [1.29, 1.82) is 0 Å². The zero-order valence-electron chi connectivity index (χ0n) is 16.4. The number of thiocarbonyl (C=S) groups is 1. The van der Waals surface area contributed by atoms with E-state index in [0.29, 0.717) is 5.69 Å². The number of rotatable bonds is 3. The molecule has 0 unspecified atom stereocenters. The number of nitrogens with zero attached hydrogens (tertiary/aromatic N) is 2. The van der Waals surface area contributed by atoms with E-state index in [0.717, 1.165) is 24.2 Å². The number of hydrogen-bond donors (Lipinski definition) is 1.